The van der Waals surface area contributed by atoms with Crippen molar-refractivity contribution < 1.29 is 0 Å². The van der Waals surface area contributed by atoms with Crippen LogP contribution in [0.3, 0.4) is 0 Å². The third kappa shape index (κ3) is 5.90. The van der Waals surface area contributed by atoms with Gasteiger partial charge in [-0.05, 0) is 50.4 Å². The fourth-order valence-electron chi connectivity index (χ4n) is 3.07. The summed E-state index contributed by atoms with van der Waals surface area (Å²) in [5.41, 5.74) is 0.580. The lowest BCUT2D eigenvalue weighted by molar-refractivity contribution is 0.303. The van der Waals surface area contributed by atoms with Crippen molar-refractivity contribution in [3.05, 3.63) is 0 Å². The van der Waals surface area contributed by atoms with Crippen molar-refractivity contribution >= 4 is 0 Å². The van der Waals surface area contributed by atoms with Crippen molar-refractivity contribution in [1.82, 2.24) is 5.32 Å². The highest BCUT2D eigenvalue weighted by molar-refractivity contribution is 4.81. The molecule has 3 atom stereocenters. The molecule has 1 fully saturated rings. The quantitative estimate of drug-likeness (QED) is 0.682. The van der Waals surface area contributed by atoms with Crippen LogP contribution in [0.15, 0.2) is 0 Å². The summed E-state index contributed by atoms with van der Waals surface area (Å²) in [6.07, 6.45) is 9.60. The molecular formula is C16H33N. The van der Waals surface area contributed by atoms with Crippen molar-refractivity contribution in [2.45, 2.75) is 91.6 Å². The number of rotatable bonds is 5. The molecule has 1 aliphatic carbocycles. The third-order valence-corrected chi connectivity index (χ3v) is 4.55. The fraction of sp³-hybridized carbons (Fsp3) is 1.00. The van der Waals surface area contributed by atoms with Gasteiger partial charge in [0.2, 0.25) is 0 Å². The molecule has 1 N–H and O–H groups in total. The van der Waals surface area contributed by atoms with E-state index in [2.05, 4.69) is 39.9 Å². The molecule has 0 bridgehead atoms. The molecule has 0 aromatic carbocycles. The molecular weight excluding hydrogens is 206 g/mol. The predicted octanol–water partition coefficient (Wildman–Crippen LogP) is 4.76. The first-order valence-electron chi connectivity index (χ1n) is 7.69. The van der Waals surface area contributed by atoms with Crippen LogP contribution >= 0.6 is 0 Å². The molecule has 0 aromatic heterocycles. The number of nitrogens with one attached hydrogen (secondary N) is 1. The summed E-state index contributed by atoms with van der Waals surface area (Å²) in [4.78, 5) is 0. The van der Waals surface area contributed by atoms with E-state index in [1.165, 1.54) is 44.9 Å². The van der Waals surface area contributed by atoms with E-state index in [4.69, 9.17) is 0 Å². The third-order valence-electron chi connectivity index (χ3n) is 4.55. The van der Waals surface area contributed by atoms with Crippen LogP contribution in [0.5, 0.6) is 0 Å². The summed E-state index contributed by atoms with van der Waals surface area (Å²) >= 11 is 0. The highest BCUT2D eigenvalue weighted by Crippen LogP contribution is 2.33. The van der Waals surface area contributed by atoms with Gasteiger partial charge >= 0.3 is 0 Å². The Labute approximate surface area is 109 Å². The van der Waals surface area contributed by atoms with Crippen LogP contribution in [0.1, 0.15) is 79.6 Å². The Morgan fingerprint density at radius 1 is 1.18 bits per heavy atom. The molecule has 0 saturated heterocycles. The highest BCUT2D eigenvalue weighted by atomic mass is 14.9. The molecule has 1 nitrogen and oxygen atoms in total. The van der Waals surface area contributed by atoms with Gasteiger partial charge in [-0.2, -0.15) is 0 Å². The van der Waals surface area contributed by atoms with E-state index in [0.717, 1.165) is 12.0 Å². The summed E-state index contributed by atoms with van der Waals surface area (Å²) in [5.74, 6) is 0.861. The van der Waals surface area contributed by atoms with Crippen LogP contribution in [-0.4, -0.2) is 12.1 Å². The smallest absolute Gasteiger partial charge is 0.00697 e. The topological polar surface area (TPSA) is 12.0 Å². The Balaban J connectivity index is 2.31. The van der Waals surface area contributed by atoms with Gasteiger partial charge in [-0.15, -0.1) is 0 Å². The largest absolute Gasteiger partial charge is 0.311 e. The second-order valence-corrected chi connectivity index (χ2v) is 7.11. The Morgan fingerprint density at radius 3 is 2.53 bits per heavy atom. The second kappa shape index (κ2) is 6.78. The van der Waals surface area contributed by atoms with Gasteiger partial charge in [-0.1, -0.05) is 40.5 Å². The number of hydrogen-bond donors (Lipinski definition) is 1. The van der Waals surface area contributed by atoms with Gasteiger partial charge in [0.25, 0.3) is 0 Å². The molecule has 0 heterocycles. The molecule has 0 aliphatic heterocycles. The van der Waals surface area contributed by atoms with E-state index in [-0.39, 0.29) is 0 Å². The first kappa shape index (κ1) is 15.0. The van der Waals surface area contributed by atoms with Crippen LogP contribution in [0.2, 0.25) is 0 Å². The van der Waals surface area contributed by atoms with Crippen LogP contribution in [-0.2, 0) is 0 Å². The molecule has 0 amide bonds. The van der Waals surface area contributed by atoms with E-state index in [1.807, 2.05) is 0 Å². The van der Waals surface area contributed by atoms with Gasteiger partial charge in [0.05, 0.1) is 0 Å². The van der Waals surface area contributed by atoms with Gasteiger partial charge in [-0.3, -0.25) is 0 Å². The molecule has 102 valence electrons. The monoisotopic (exact) mass is 239 g/mol. The zero-order valence-corrected chi connectivity index (χ0v) is 12.7. The lowest BCUT2D eigenvalue weighted by Gasteiger charge is -2.25. The van der Waals surface area contributed by atoms with E-state index in [1.54, 1.807) is 0 Å². The van der Waals surface area contributed by atoms with Crippen LogP contribution in [0, 0.1) is 11.3 Å². The van der Waals surface area contributed by atoms with Crippen molar-refractivity contribution in [1.29, 1.82) is 0 Å². The van der Waals surface area contributed by atoms with Gasteiger partial charge < -0.3 is 5.32 Å². The van der Waals surface area contributed by atoms with Crippen LogP contribution < -0.4 is 5.32 Å². The minimum Gasteiger partial charge on any atom is -0.311 e. The summed E-state index contributed by atoms with van der Waals surface area (Å²) in [6, 6.07) is 1.46. The first-order valence-corrected chi connectivity index (χ1v) is 7.69. The van der Waals surface area contributed by atoms with E-state index in [0.29, 0.717) is 11.5 Å². The van der Waals surface area contributed by atoms with Crippen molar-refractivity contribution in [3.8, 4) is 0 Å². The lowest BCUT2D eigenvalue weighted by atomic mass is 9.85. The average molecular weight is 239 g/mol. The van der Waals surface area contributed by atoms with Crippen molar-refractivity contribution in [3.63, 3.8) is 0 Å². The van der Waals surface area contributed by atoms with Gasteiger partial charge in [-0.25, -0.2) is 0 Å². The molecule has 0 radical (unpaired) electrons. The fourth-order valence-corrected chi connectivity index (χ4v) is 3.07. The zero-order valence-electron chi connectivity index (χ0n) is 12.7. The maximum atomic E-state index is 3.86. The maximum absolute atomic E-state index is 3.86. The predicted molar refractivity (Wildman–Crippen MR) is 77.3 cm³/mol. The normalized spacial score (nSPS) is 28.4. The Bertz CT molecular complexity index is 210. The summed E-state index contributed by atoms with van der Waals surface area (Å²) in [6.45, 7) is 11.9. The van der Waals surface area contributed by atoms with Crippen LogP contribution in [0.25, 0.3) is 0 Å². The van der Waals surface area contributed by atoms with Gasteiger partial charge in [0.15, 0.2) is 0 Å². The molecule has 1 aliphatic rings. The van der Waals surface area contributed by atoms with Crippen molar-refractivity contribution in [2.75, 3.05) is 0 Å². The van der Waals surface area contributed by atoms with E-state index in [9.17, 15) is 0 Å². The minimum atomic E-state index is 0.580. The molecule has 0 spiro atoms. The molecule has 1 rings (SSSR count). The van der Waals surface area contributed by atoms with E-state index >= 15 is 0 Å². The second-order valence-electron chi connectivity index (χ2n) is 7.11. The highest BCUT2D eigenvalue weighted by Gasteiger charge is 2.24. The van der Waals surface area contributed by atoms with E-state index < -0.39 is 0 Å². The molecule has 1 saturated carbocycles. The Hall–Kier alpha value is -0.0400. The SMILES string of the molecule is CCC(C)CC(C)NC1CCCC(C)(C)CC1. The summed E-state index contributed by atoms with van der Waals surface area (Å²) < 4.78 is 0. The van der Waals surface area contributed by atoms with Gasteiger partial charge in [0, 0.05) is 12.1 Å². The first-order chi connectivity index (χ1) is 7.93. The molecule has 1 heteroatoms. The Morgan fingerprint density at radius 2 is 1.88 bits per heavy atom. The summed E-state index contributed by atoms with van der Waals surface area (Å²) in [7, 11) is 0. The minimum absolute atomic E-state index is 0.580. The zero-order chi connectivity index (χ0) is 12.9. The standard InChI is InChI=1S/C16H33N/c1-6-13(2)12-14(3)17-15-8-7-10-16(4,5)11-9-15/h13-15,17H,6-12H2,1-5H3. The lowest BCUT2D eigenvalue weighted by Crippen LogP contribution is -2.37. The average Bonchev–Trinajstić information content (AvgIpc) is 2.40. The number of hydrogen-bond acceptors (Lipinski definition) is 1. The van der Waals surface area contributed by atoms with Gasteiger partial charge in [0.1, 0.15) is 0 Å². The molecule has 3 unspecified atom stereocenters. The Kier molecular flexibility index (Phi) is 5.99. The van der Waals surface area contributed by atoms with Crippen LogP contribution in [0.4, 0.5) is 0 Å². The van der Waals surface area contributed by atoms with Crippen molar-refractivity contribution in [2.24, 2.45) is 11.3 Å². The molecule has 17 heavy (non-hydrogen) atoms. The molecule has 0 aromatic rings. The maximum Gasteiger partial charge on any atom is 0.00697 e. The summed E-state index contributed by atoms with van der Waals surface area (Å²) in [5, 5.41) is 3.86.